The lowest BCUT2D eigenvalue weighted by Gasteiger charge is -2.15. The van der Waals surface area contributed by atoms with Crippen molar-refractivity contribution >= 4 is 33.2 Å². The lowest BCUT2D eigenvalue weighted by Crippen LogP contribution is -2.41. The molecule has 0 aliphatic carbocycles. The van der Waals surface area contributed by atoms with Crippen LogP contribution >= 0.6 is 11.6 Å². The number of hydrogen-bond donors (Lipinski definition) is 2. The summed E-state index contributed by atoms with van der Waals surface area (Å²) in [6.45, 7) is 1.45. The Labute approximate surface area is 157 Å². The summed E-state index contributed by atoms with van der Waals surface area (Å²) >= 11 is 5.76. The van der Waals surface area contributed by atoms with Crippen LogP contribution in [0.4, 0.5) is 5.69 Å². The predicted octanol–water partition coefficient (Wildman–Crippen LogP) is 2.66. The van der Waals surface area contributed by atoms with Gasteiger partial charge in [-0.3, -0.25) is 4.79 Å². The smallest absolute Gasteiger partial charge is 0.242 e. The summed E-state index contributed by atoms with van der Waals surface area (Å²) in [6.07, 6.45) is 0. The zero-order valence-electron chi connectivity index (χ0n) is 14.4. The molecule has 0 bridgehead atoms. The van der Waals surface area contributed by atoms with Crippen molar-refractivity contribution in [2.24, 2.45) is 0 Å². The molecular formula is C17H19ClN2O5S. The minimum atomic E-state index is -3.85. The van der Waals surface area contributed by atoms with E-state index in [2.05, 4.69) is 10.0 Å². The molecule has 0 aliphatic rings. The number of anilines is 1. The molecule has 2 N–H and O–H groups in total. The van der Waals surface area contributed by atoms with Crippen LogP contribution in [0.2, 0.25) is 5.02 Å². The SMILES string of the molecule is COc1ccc(NC(=O)[C@H](C)NS(=O)(=O)c2ccc(Cl)cc2)cc1OC. The van der Waals surface area contributed by atoms with Gasteiger partial charge < -0.3 is 14.8 Å². The molecule has 7 nitrogen and oxygen atoms in total. The number of halogens is 1. The maximum Gasteiger partial charge on any atom is 0.242 e. The van der Waals surface area contributed by atoms with Crippen LogP contribution in [0.25, 0.3) is 0 Å². The third-order valence-electron chi connectivity index (χ3n) is 3.50. The minimum Gasteiger partial charge on any atom is -0.493 e. The second-order valence-corrected chi connectivity index (χ2v) is 7.51. The number of rotatable bonds is 7. The number of benzene rings is 2. The average Bonchev–Trinajstić information content (AvgIpc) is 2.61. The molecule has 0 spiro atoms. The molecule has 9 heteroatoms. The van der Waals surface area contributed by atoms with Crippen molar-refractivity contribution < 1.29 is 22.7 Å². The van der Waals surface area contributed by atoms with Crippen LogP contribution in [0.1, 0.15) is 6.92 Å². The van der Waals surface area contributed by atoms with Gasteiger partial charge in [0.25, 0.3) is 0 Å². The van der Waals surface area contributed by atoms with Crippen LogP contribution in [0.5, 0.6) is 11.5 Å². The molecule has 0 heterocycles. The van der Waals surface area contributed by atoms with Crippen molar-refractivity contribution in [3.8, 4) is 11.5 Å². The van der Waals surface area contributed by atoms with E-state index < -0.39 is 22.0 Å². The molecule has 0 saturated carbocycles. The van der Waals surface area contributed by atoms with Crippen LogP contribution in [0.15, 0.2) is 47.4 Å². The van der Waals surface area contributed by atoms with E-state index in [0.29, 0.717) is 22.2 Å². The topological polar surface area (TPSA) is 93.7 Å². The number of methoxy groups -OCH3 is 2. The summed E-state index contributed by atoms with van der Waals surface area (Å²) in [6, 6.07) is 9.50. The molecule has 0 aromatic heterocycles. The molecule has 0 radical (unpaired) electrons. The number of ether oxygens (including phenoxy) is 2. The van der Waals surface area contributed by atoms with Crippen LogP contribution in [-0.2, 0) is 14.8 Å². The lowest BCUT2D eigenvalue weighted by atomic mass is 10.2. The predicted molar refractivity (Wildman–Crippen MR) is 99.4 cm³/mol. The van der Waals surface area contributed by atoms with Gasteiger partial charge in [-0.2, -0.15) is 4.72 Å². The van der Waals surface area contributed by atoms with E-state index in [0.717, 1.165) is 0 Å². The molecule has 2 aromatic carbocycles. The van der Waals surface area contributed by atoms with E-state index in [1.54, 1.807) is 18.2 Å². The maximum absolute atomic E-state index is 12.3. The largest absolute Gasteiger partial charge is 0.493 e. The Morgan fingerprint density at radius 2 is 1.65 bits per heavy atom. The molecule has 2 aromatic rings. The number of hydrogen-bond acceptors (Lipinski definition) is 5. The Balaban J connectivity index is 2.09. The minimum absolute atomic E-state index is 0.0210. The van der Waals surface area contributed by atoms with Gasteiger partial charge >= 0.3 is 0 Å². The molecule has 0 saturated heterocycles. The third-order valence-corrected chi connectivity index (χ3v) is 5.31. The monoisotopic (exact) mass is 398 g/mol. The third kappa shape index (κ3) is 4.87. The number of amides is 1. The maximum atomic E-state index is 12.3. The Morgan fingerprint density at radius 1 is 1.04 bits per heavy atom. The summed E-state index contributed by atoms with van der Waals surface area (Å²) in [5, 5.41) is 3.05. The Hall–Kier alpha value is -2.29. The Kier molecular flexibility index (Phi) is 6.47. The van der Waals surface area contributed by atoms with Crippen LogP contribution < -0.4 is 19.5 Å². The summed E-state index contributed by atoms with van der Waals surface area (Å²) in [5.74, 6) is 0.441. The van der Waals surface area contributed by atoms with Gasteiger partial charge in [-0.1, -0.05) is 11.6 Å². The first kappa shape index (κ1) is 20.0. The van der Waals surface area contributed by atoms with Crippen molar-refractivity contribution in [3.63, 3.8) is 0 Å². The molecule has 1 amide bonds. The van der Waals surface area contributed by atoms with Gasteiger partial charge in [-0.25, -0.2) is 8.42 Å². The molecule has 26 heavy (non-hydrogen) atoms. The van der Waals surface area contributed by atoms with E-state index in [4.69, 9.17) is 21.1 Å². The van der Waals surface area contributed by atoms with E-state index in [1.165, 1.54) is 45.4 Å². The van der Waals surface area contributed by atoms with Crippen LogP contribution in [0.3, 0.4) is 0 Å². The first-order valence-corrected chi connectivity index (χ1v) is 9.43. The summed E-state index contributed by atoms with van der Waals surface area (Å²) in [7, 11) is -0.869. The first-order valence-electron chi connectivity index (χ1n) is 7.57. The van der Waals surface area contributed by atoms with Crippen molar-refractivity contribution in [2.45, 2.75) is 17.9 Å². The van der Waals surface area contributed by atoms with Gasteiger partial charge in [0.2, 0.25) is 15.9 Å². The fraction of sp³-hybridized carbons (Fsp3) is 0.235. The highest BCUT2D eigenvalue weighted by Crippen LogP contribution is 2.29. The van der Waals surface area contributed by atoms with E-state index in [9.17, 15) is 13.2 Å². The highest BCUT2D eigenvalue weighted by Gasteiger charge is 2.22. The summed E-state index contributed by atoms with van der Waals surface area (Å²) in [4.78, 5) is 12.3. The Bertz CT molecular complexity index is 885. The normalized spacial score (nSPS) is 12.3. The van der Waals surface area contributed by atoms with Crippen molar-refractivity contribution in [3.05, 3.63) is 47.5 Å². The van der Waals surface area contributed by atoms with Crippen molar-refractivity contribution in [1.29, 1.82) is 0 Å². The summed E-state index contributed by atoms with van der Waals surface area (Å²) < 4.78 is 37.3. The first-order chi connectivity index (χ1) is 12.3. The average molecular weight is 399 g/mol. The van der Waals surface area contributed by atoms with Gasteiger partial charge in [-0.05, 0) is 43.3 Å². The summed E-state index contributed by atoms with van der Waals surface area (Å²) in [5.41, 5.74) is 0.449. The molecule has 140 valence electrons. The number of sulfonamides is 1. The fourth-order valence-corrected chi connectivity index (χ4v) is 3.46. The van der Waals surface area contributed by atoms with E-state index in [1.807, 2.05) is 0 Å². The second-order valence-electron chi connectivity index (χ2n) is 5.36. The molecule has 0 aliphatic heterocycles. The van der Waals surface area contributed by atoms with Gasteiger partial charge in [-0.15, -0.1) is 0 Å². The van der Waals surface area contributed by atoms with Gasteiger partial charge in [0.1, 0.15) is 0 Å². The zero-order valence-corrected chi connectivity index (χ0v) is 16.0. The number of carbonyl (C=O) groups is 1. The van der Waals surface area contributed by atoms with Crippen molar-refractivity contribution in [2.75, 3.05) is 19.5 Å². The van der Waals surface area contributed by atoms with Crippen LogP contribution in [0, 0.1) is 0 Å². The highest BCUT2D eigenvalue weighted by atomic mass is 35.5. The van der Waals surface area contributed by atoms with E-state index >= 15 is 0 Å². The lowest BCUT2D eigenvalue weighted by molar-refractivity contribution is -0.117. The molecular weight excluding hydrogens is 380 g/mol. The quantitative estimate of drug-likeness (QED) is 0.747. The Morgan fingerprint density at radius 3 is 2.23 bits per heavy atom. The van der Waals surface area contributed by atoms with Crippen LogP contribution in [-0.4, -0.2) is 34.6 Å². The number of nitrogens with one attached hydrogen (secondary N) is 2. The standard InChI is InChI=1S/C17H19ClN2O5S/c1-11(20-26(22,23)14-7-4-12(18)5-8-14)17(21)19-13-6-9-15(24-2)16(10-13)25-3/h4-11,20H,1-3H3,(H,19,21)/t11-/m0/s1. The highest BCUT2D eigenvalue weighted by molar-refractivity contribution is 7.89. The van der Waals surface area contributed by atoms with E-state index in [-0.39, 0.29) is 4.90 Å². The molecule has 2 rings (SSSR count). The van der Waals surface area contributed by atoms with Gasteiger partial charge in [0, 0.05) is 16.8 Å². The van der Waals surface area contributed by atoms with Crippen molar-refractivity contribution in [1.82, 2.24) is 4.72 Å². The van der Waals surface area contributed by atoms with Gasteiger partial charge in [0.15, 0.2) is 11.5 Å². The second kappa shape index (κ2) is 8.39. The zero-order chi connectivity index (χ0) is 19.3. The fourth-order valence-electron chi connectivity index (χ4n) is 2.13. The van der Waals surface area contributed by atoms with Gasteiger partial charge in [0.05, 0.1) is 25.2 Å². The molecule has 0 fully saturated rings. The molecule has 1 atom stereocenters. The molecule has 0 unspecified atom stereocenters. The number of carbonyl (C=O) groups excluding carboxylic acids is 1.